The van der Waals surface area contributed by atoms with Crippen LogP contribution in [0.5, 0.6) is 0 Å². The Morgan fingerprint density at radius 2 is 1.79 bits per heavy atom. The molecule has 2 nitrogen and oxygen atoms in total. The van der Waals surface area contributed by atoms with Crippen LogP contribution in [0.3, 0.4) is 0 Å². The zero-order valence-electron chi connectivity index (χ0n) is 8.44. The van der Waals surface area contributed by atoms with Gasteiger partial charge in [-0.05, 0) is 38.9 Å². The Morgan fingerprint density at radius 1 is 1.21 bits per heavy atom. The predicted molar refractivity (Wildman–Crippen MR) is 51.3 cm³/mol. The molecule has 4 heteroatoms. The highest BCUT2D eigenvalue weighted by molar-refractivity contribution is 5.10. The third-order valence-corrected chi connectivity index (χ3v) is 3.71. The molecular formula is C10H18F2N2. The molecule has 0 aromatic heterocycles. The Hall–Kier alpha value is -0.220. The minimum absolute atomic E-state index is 0.00431. The van der Waals surface area contributed by atoms with Crippen molar-refractivity contribution in [1.82, 2.24) is 4.90 Å². The Balaban J connectivity index is 1.79. The van der Waals surface area contributed by atoms with Gasteiger partial charge in [0.25, 0.3) is 5.92 Å². The van der Waals surface area contributed by atoms with E-state index in [9.17, 15) is 8.78 Å². The van der Waals surface area contributed by atoms with Gasteiger partial charge in [-0.3, -0.25) is 0 Å². The van der Waals surface area contributed by atoms with E-state index in [1.54, 1.807) is 0 Å². The molecule has 1 saturated heterocycles. The number of hydrogen-bond donors (Lipinski definition) is 1. The van der Waals surface area contributed by atoms with Crippen molar-refractivity contribution in [2.45, 2.75) is 31.6 Å². The van der Waals surface area contributed by atoms with Crippen molar-refractivity contribution >= 4 is 0 Å². The first-order valence-corrected chi connectivity index (χ1v) is 5.40. The van der Waals surface area contributed by atoms with E-state index >= 15 is 0 Å². The van der Waals surface area contributed by atoms with Crippen LogP contribution in [0.4, 0.5) is 8.78 Å². The van der Waals surface area contributed by atoms with Crippen LogP contribution in [0.1, 0.15) is 25.7 Å². The van der Waals surface area contributed by atoms with Gasteiger partial charge in [0.2, 0.25) is 0 Å². The van der Waals surface area contributed by atoms with Crippen LogP contribution in [0.2, 0.25) is 0 Å². The fourth-order valence-electron chi connectivity index (χ4n) is 2.35. The van der Waals surface area contributed by atoms with Crippen LogP contribution < -0.4 is 5.73 Å². The number of halogens is 2. The smallest absolute Gasteiger partial charge is 0.255 e. The van der Waals surface area contributed by atoms with E-state index in [4.69, 9.17) is 5.73 Å². The number of alkyl halides is 2. The van der Waals surface area contributed by atoms with E-state index in [-0.39, 0.29) is 13.0 Å². The van der Waals surface area contributed by atoms with Crippen molar-refractivity contribution in [2.75, 3.05) is 26.2 Å². The molecule has 1 unspecified atom stereocenters. The summed E-state index contributed by atoms with van der Waals surface area (Å²) in [7, 11) is 0. The Morgan fingerprint density at radius 3 is 2.21 bits per heavy atom. The number of nitrogens with zero attached hydrogens (tertiary/aromatic N) is 1. The molecule has 1 saturated carbocycles. The van der Waals surface area contributed by atoms with E-state index in [1.807, 2.05) is 0 Å². The van der Waals surface area contributed by atoms with E-state index in [0.29, 0.717) is 6.42 Å². The lowest BCUT2D eigenvalue weighted by Crippen LogP contribution is -2.29. The van der Waals surface area contributed by atoms with Crippen molar-refractivity contribution in [2.24, 2.45) is 11.1 Å². The fraction of sp³-hybridized carbons (Fsp3) is 1.00. The summed E-state index contributed by atoms with van der Waals surface area (Å²) in [6.45, 7) is 3.08. The molecule has 1 atom stereocenters. The van der Waals surface area contributed by atoms with Crippen molar-refractivity contribution in [3.63, 3.8) is 0 Å². The normalized spacial score (nSPS) is 36.2. The summed E-state index contributed by atoms with van der Waals surface area (Å²) in [5.41, 5.74) is 4.58. The molecule has 14 heavy (non-hydrogen) atoms. The van der Waals surface area contributed by atoms with E-state index in [2.05, 4.69) is 4.90 Å². The van der Waals surface area contributed by atoms with E-state index in [1.165, 1.54) is 12.8 Å². The number of likely N-dealkylation sites (tertiary alicyclic amines) is 1. The standard InChI is InChI=1S/C10H18F2N2/c11-10(12)7-9(10,8-13)3-6-14-4-1-2-5-14/h1-8,13H2. The lowest BCUT2D eigenvalue weighted by atomic mass is 10.0. The average Bonchev–Trinajstić information content (AvgIpc) is 2.56. The number of rotatable bonds is 4. The summed E-state index contributed by atoms with van der Waals surface area (Å²) in [5.74, 6) is -2.48. The lowest BCUT2D eigenvalue weighted by molar-refractivity contribution is 0.0596. The lowest BCUT2D eigenvalue weighted by Gasteiger charge is -2.19. The largest absolute Gasteiger partial charge is 0.330 e. The molecule has 2 N–H and O–H groups in total. The zero-order valence-corrected chi connectivity index (χ0v) is 8.44. The van der Waals surface area contributed by atoms with Gasteiger partial charge in [-0.2, -0.15) is 0 Å². The van der Waals surface area contributed by atoms with Gasteiger partial charge in [-0.15, -0.1) is 0 Å². The Kier molecular flexibility index (Phi) is 2.52. The van der Waals surface area contributed by atoms with Gasteiger partial charge in [0.15, 0.2) is 0 Å². The van der Waals surface area contributed by atoms with E-state index in [0.717, 1.165) is 19.6 Å². The molecule has 1 heterocycles. The molecule has 2 aliphatic rings. The van der Waals surface area contributed by atoms with Gasteiger partial charge in [0.1, 0.15) is 0 Å². The molecule has 1 aliphatic carbocycles. The first-order chi connectivity index (χ1) is 6.60. The van der Waals surface area contributed by atoms with E-state index < -0.39 is 11.3 Å². The molecule has 0 aromatic rings. The third kappa shape index (κ3) is 1.65. The average molecular weight is 204 g/mol. The number of nitrogens with two attached hydrogens (primary N) is 1. The first kappa shape index (κ1) is 10.3. The van der Waals surface area contributed by atoms with Crippen molar-refractivity contribution < 1.29 is 8.78 Å². The topological polar surface area (TPSA) is 29.3 Å². The second-order valence-electron chi connectivity index (χ2n) is 4.66. The van der Waals surface area contributed by atoms with Gasteiger partial charge in [0.05, 0.1) is 5.41 Å². The van der Waals surface area contributed by atoms with Crippen LogP contribution >= 0.6 is 0 Å². The molecule has 82 valence electrons. The maximum absolute atomic E-state index is 13.0. The minimum atomic E-state index is -2.48. The van der Waals surface area contributed by atoms with Gasteiger partial charge in [-0.1, -0.05) is 0 Å². The summed E-state index contributed by atoms with van der Waals surface area (Å²) in [5, 5.41) is 0. The summed E-state index contributed by atoms with van der Waals surface area (Å²) in [4.78, 5) is 2.27. The Bertz CT molecular complexity index is 214. The van der Waals surface area contributed by atoms with Gasteiger partial charge in [0, 0.05) is 13.0 Å². The monoisotopic (exact) mass is 204 g/mol. The molecule has 1 aliphatic heterocycles. The van der Waals surface area contributed by atoms with Crippen molar-refractivity contribution in [1.29, 1.82) is 0 Å². The third-order valence-electron chi connectivity index (χ3n) is 3.71. The molecule has 0 spiro atoms. The molecule has 0 bridgehead atoms. The molecule has 0 aromatic carbocycles. The zero-order chi connectivity index (χ0) is 10.2. The second-order valence-corrected chi connectivity index (χ2v) is 4.66. The van der Waals surface area contributed by atoms with Gasteiger partial charge < -0.3 is 10.6 Å². The quantitative estimate of drug-likeness (QED) is 0.751. The van der Waals surface area contributed by atoms with Crippen LogP contribution in [-0.2, 0) is 0 Å². The fourth-order valence-corrected chi connectivity index (χ4v) is 2.35. The SMILES string of the molecule is NCC1(CCN2CCCC2)CC1(F)F. The Labute approximate surface area is 83.4 Å². The summed E-state index contributed by atoms with van der Waals surface area (Å²) in [6.07, 6.45) is 3.00. The summed E-state index contributed by atoms with van der Waals surface area (Å²) >= 11 is 0. The minimum Gasteiger partial charge on any atom is -0.330 e. The maximum atomic E-state index is 13.0. The first-order valence-electron chi connectivity index (χ1n) is 5.40. The van der Waals surface area contributed by atoms with Gasteiger partial charge >= 0.3 is 0 Å². The predicted octanol–water partition coefficient (Wildman–Crippen LogP) is 1.46. The van der Waals surface area contributed by atoms with Crippen molar-refractivity contribution in [3.05, 3.63) is 0 Å². The van der Waals surface area contributed by atoms with Crippen LogP contribution in [-0.4, -0.2) is 37.0 Å². The highest BCUT2D eigenvalue weighted by atomic mass is 19.3. The molecule has 0 amide bonds. The molecular weight excluding hydrogens is 186 g/mol. The molecule has 2 fully saturated rings. The molecule has 2 rings (SSSR count). The summed E-state index contributed by atoms with van der Waals surface area (Å²) in [6, 6.07) is 0. The second kappa shape index (κ2) is 3.42. The highest BCUT2D eigenvalue weighted by Gasteiger charge is 2.69. The van der Waals surface area contributed by atoms with Crippen molar-refractivity contribution in [3.8, 4) is 0 Å². The maximum Gasteiger partial charge on any atom is 0.255 e. The molecule has 0 radical (unpaired) electrons. The number of hydrogen-bond acceptors (Lipinski definition) is 2. The van der Waals surface area contributed by atoms with Crippen LogP contribution in [0, 0.1) is 5.41 Å². The van der Waals surface area contributed by atoms with Gasteiger partial charge in [-0.25, -0.2) is 8.78 Å². The highest BCUT2D eigenvalue weighted by Crippen LogP contribution is 2.61. The van der Waals surface area contributed by atoms with Crippen LogP contribution in [0.25, 0.3) is 0 Å². The summed E-state index contributed by atoms with van der Waals surface area (Å²) < 4.78 is 26.1. The van der Waals surface area contributed by atoms with Crippen LogP contribution in [0.15, 0.2) is 0 Å².